The van der Waals surface area contributed by atoms with Gasteiger partial charge in [0.25, 0.3) is 5.91 Å². The standard InChI is InChI=1S/C21H19F3N4O4S.C2H6/c1-11-16(3-5-19(27-11)33(26)30)28-18(29)10-31-17-4-2-15(23)21(20(17)24)32-14-7-12(9-25)6-13(22)8-14;1-2/h2-8H,9-10,25-26H2,1H3,(H,28,29);1-2H3. The molecule has 0 aliphatic heterocycles. The Morgan fingerprint density at radius 3 is 2.46 bits per heavy atom. The number of nitrogens with two attached hydrogens (primary N) is 2. The average Bonchev–Trinajstić information content (AvgIpc) is 2.83. The largest absolute Gasteiger partial charge is 0.481 e. The minimum absolute atomic E-state index is 0.000846. The molecule has 0 aliphatic rings. The number of ether oxygens (including phenoxy) is 2. The number of benzene rings is 2. The lowest BCUT2D eigenvalue weighted by Gasteiger charge is -2.13. The van der Waals surface area contributed by atoms with Gasteiger partial charge in [0, 0.05) is 12.6 Å². The number of aromatic nitrogens is 1. The van der Waals surface area contributed by atoms with Gasteiger partial charge in [-0.05, 0) is 48.9 Å². The first kappa shape index (κ1) is 27.8. The first-order chi connectivity index (χ1) is 16.7. The predicted octanol–water partition coefficient (Wildman–Crippen LogP) is 4.08. The van der Waals surface area contributed by atoms with Crippen LogP contribution in [0, 0.1) is 24.4 Å². The fourth-order valence-electron chi connectivity index (χ4n) is 2.75. The second-order valence-corrected chi connectivity index (χ2v) is 7.72. The summed E-state index contributed by atoms with van der Waals surface area (Å²) in [6.45, 7) is 4.95. The molecule has 0 saturated carbocycles. The van der Waals surface area contributed by atoms with E-state index in [2.05, 4.69) is 10.3 Å². The molecule has 0 spiro atoms. The number of nitrogens with one attached hydrogen (secondary N) is 1. The Balaban J connectivity index is 0.00000210. The number of carbonyl (C=O) groups is 1. The number of rotatable bonds is 8. The van der Waals surface area contributed by atoms with E-state index in [1.807, 2.05) is 13.8 Å². The van der Waals surface area contributed by atoms with E-state index in [1.54, 1.807) is 6.92 Å². The molecule has 3 aromatic rings. The lowest BCUT2D eigenvalue weighted by atomic mass is 10.2. The molecule has 1 heterocycles. The van der Waals surface area contributed by atoms with Gasteiger partial charge in [-0.15, -0.1) is 0 Å². The van der Waals surface area contributed by atoms with Crippen LogP contribution in [0.1, 0.15) is 25.1 Å². The molecule has 188 valence electrons. The zero-order valence-electron chi connectivity index (χ0n) is 19.2. The predicted molar refractivity (Wildman–Crippen MR) is 126 cm³/mol. The van der Waals surface area contributed by atoms with E-state index < -0.39 is 52.5 Å². The van der Waals surface area contributed by atoms with Gasteiger partial charge in [-0.3, -0.25) is 4.79 Å². The van der Waals surface area contributed by atoms with Gasteiger partial charge in [0.1, 0.15) is 27.6 Å². The van der Waals surface area contributed by atoms with Gasteiger partial charge in [-0.1, -0.05) is 13.8 Å². The minimum Gasteiger partial charge on any atom is -0.481 e. The fraction of sp³-hybridized carbons (Fsp3) is 0.217. The van der Waals surface area contributed by atoms with Crippen molar-refractivity contribution >= 4 is 22.6 Å². The summed E-state index contributed by atoms with van der Waals surface area (Å²) in [5, 5.41) is 7.90. The average molecular weight is 511 g/mol. The normalized spacial score (nSPS) is 11.2. The van der Waals surface area contributed by atoms with Crippen molar-refractivity contribution in [3.63, 3.8) is 0 Å². The molecule has 1 aromatic heterocycles. The Labute approximate surface area is 203 Å². The van der Waals surface area contributed by atoms with E-state index >= 15 is 0 Å². The Kier molecular flexibility index (Phi) is 10.2. The first-order valence-electron chi connectivity index (χ1n) is 10.4. The number of amides is 1. The van der Waals surface area contributed by atoms with Crippen molar-refractivity contribution in [3.8, 4) is 17.2 Å². The van der Waals surface area contributed by atoms with E-state index in [4.69, 9.17) is 20.3 Å². The second-order valence-electron chi connectivity index (χ2n) is 6.71. The number of halogens is 3. The number of hydrogen-bond donors (Lipinski definition) is 3. The van der Waals surface area contributed by atoms with Gasteiger partial charge in [-0.25, -0.2) is 23.1 Å². The van der Waals surface area contributed by atoms with Crippen LogP contribution in [0.3, 0.4) is 0 Å². The maximum atomic E-state index is 14.8. The Morgan fingerprint density at radius 2 is 1.83 bits per heavy atom. The first-order valence-corrected chi connectivity index (χ1v) is 11.6. The molecule has 0 fully saturated rings. The van der Waals surface area contributed by atoms with Crippen molar-refractivity contribution in [2.75, 3.05) is 11.9 Å². The molecular weight excluding hydrogens is 485 g/mol. The molecule has 35 heavy (non-hydrogen) atoms. The van der Waals surface area contributed by atoms with Crippen LogP contribution in [0.4, 0.5) is 18.9 Å². The van der Waals surface area contributed by atoms with E-state index in [0.717, 1.165) is 24.3 Å². The van der Waals surface area contributed by atoms with Crippen molar-refractivity contribution in [3.05, 3.63) is 71.2 Å². The summed E-state index contributed by atoms with van der Waals surface area (Å²) < 4.78 is 64.2. The number of aryl methyl sites for hydroxylation is 1. The third-order valence-electron chi connectivity index (χ3n) is 4.30. The maximum absolute atomic E-state index is 14.8. The molecule has 2 aromatic carbocycles. The van der Waals surface area contributed by atoms with Gasteiger partial charge >= 0.3 is 0 Å². The molecule has 0 bridgehead atoms. The Morgan fingerprint density at radius 1 is 1.11 bits per heavy atom. The van der Waals surface area contributed by atoms with Crippen molar-refractivity contribution in [1.82, 2.24) is 4.98 Å². The number of hydrogen-bond acceptors (Lipinski definition) is 6. The zero-order valence-corrected chi connectivity index (χ0v) is 20.0. The topological polar surface area (TPSA) is 130 Å². The highest BCUT2D eigenvalue weighted by molar-refractivity contribution is 7.82. The summed E-state index contributed by atoms with van der Waals surface area (Å²) >= 11 is 0. The fourth-order valence-corrected chi connectivity index (χ4v) is 3.18. The van der Waals surface area contributed by atoms with Crippen LogP contribution in [-0.4, -0.2) is 21.7 Å². The maximum Gasteiger partial charge on any atom is 0.262 e. The van der Waals surface area contributed by atoms with Crippen LogP contribution >= 0.6 is 0 Å². The third-order valence-corrected chi connectivity index (χ3v) is 4.94. The summed E-state index contributed by atoms with van der Waals surface area (Å²) in [5.74, 6) is -5.06. The molecule has 1 amide bonds. The number of pyridine rings is 1. The van der Waals surface area contributed by atoms with Gasteiger partial charge in [0.15, 0.2) is 18.2 Å². The molecular formula is C23H25F3N4O4S. The molecule has 1 unspecified atom stereocenters. The minimum atomic E-state index is -1.77. The summed E-state index contributed by atoms with van der Waals surface area (Å²) in [5.41, 5.74) is 6.50. The van der Waals surface area contributed by atoms with Crippen molar-refractivity contribution in [2.24, 2.45) is 10.9 Å². The van der Waals surface area contributed by atoms with E-state index in [-0.39, 0.29) is 17.3 Å². The summed E-state index contributed by atoms with van der Waals surface area (Å²) in [6, 6.07) is 8.16. The lowest BCUT2D eigenvalue weighted by molar-refractivity contribution is -0.118. The summed E-state index contributed by atoms with van der Waals surface area (Å²) in [4.78, 5) is 16.2. The highest BCUT2D eigenvalue weighted by atomic mass is 32.2. The number of anilines is 1. The SMILES string of the molecule is CC.Cc1nc(S(N)=O)ccc1NC(=O)COc1ccc(F)c(Oc2cc(F)cc(CN)c2)c1F. The zero-order chi connectivity index (χ0) is 26.1. The second kappa shape index (κ2) is 12.8. The van der Waals surface area contributed by atoms with Crippen LogP contribution in [-0.2, 0) is 22.3 Å². The molecule has 5 N–H and O–H groups in total. The number of nitrogens with zero attached hydrogens (tertiary/aromatic N) is 1. The van der Waals surface area contributed by atoms with E-state index in [1.165, 1.54) is 18.2 Å². The highest BCUT2D eigenvalue weighted by Crippen LogP contribution is 2.33. The smallest absolute Gasteiger partial charge is 0.262 e. The molecule has 0 aliphatic carbocycles. The van der Waals surface area contributed by atoms with Gasteiger partial charge in [0.05, 0.1) is 11.4 Å². The van der Waals surface area contributed by atoms with Crippen LogP contribution in [0.25, 0.3) is 0 Å². The van der Waals surface area contributed by atoms with Crippen molar-refractivity contribution in [1.29, 1.82) is 0 Å². The van der Waals surface area contributed by atoms with Gasteiger partial charge in [-0.2, -0.15) is 4.39 Å². The molecule has 1 atom stereocenters. The van der Waals surface area contributed by atoms with E-state index in [0.29, 0.717) is 16.9 Å². The lowest BCUT2D eigenvalue weighted by Crippen LogP contribution is -2.21. The summed E-state index contributed by atoms with van der Waals surface area (Å²) in [6.07, 6.45) is 0. The van der Waals surface area contributed by atoms with Crippen LogP contribution < -0.4 is 25.7 Å². The van der Waals surface area contributed by atoms with Gasteiger partial charge in [0.2, 0.25) is 11.6 Å². The summed E-state index contributed by atoms with van der Waals surface area (Å²) in [7, 11) is -1.77. The molecule has 0 radical (unpaired) electrons. The third kappa shape index (κ3) is 7.50. The molecule has 3 rings (SSSR count). The molecule has 12 heteroatoms. The Bertz CT molecular complexity index is 1230. The number of carbonyl (C=O) groups excluding carboxylic acids is 1. The quantitative estimate of drug-likeness (QED) is 0.419. The van der Waals surface area contributed by atoms with E-state index in [9.17, 15) is 22.2 Å². The van der Waals surface area contributed by atoms with Crippen LogP contribution in [0.5, 0.6) is 17.2 Å². The van der Waals surface area contributed by atoms with Crippen molar-refractivity contribution in [2.45, 2.75) is 32.3 Å². The van der Waals surface area contributed by atoms with Crippen LogP contribution in [0.15, 0.2) is 47.5 Å². The monoisotopic (exact) mass is 510 g/mol. The molecule has 8 nitrogen and oxygen atoms in total. The van der Waals surface area contributed by atoms with Gasteiger partial charge < -0.3 is 20.5 Å². The Hall–Kier alpha value is -3.48. The highest BCUT2D eigenvalue weighted by Gasteiger charge is 2.19. The molecule has 0 saturated heterocycles. The van der Waals surface area contributed by atoms with Crippen molar-refractivity contribution < 1.29 is 31.6 Å². The van der Waals surface area contributed by atoms with Crippen LogP contribution in [0.2, 0.25) is 0 Å².